The Labute approximate surface area is 117 Å². The molecule has 0 saturated heterocycles. The Hall–Kier alpha value is -2.20. The van der Waals surface area contributed by atoms with Crippen LogP contribution in [0.1, 0.15) is 34.5 Å². The van der Waals surface area contributed by atoms with E-state index in [0.717, 1.165) is 11.1 Å². The molecule has 0 aliphatic rings. The summed E-state index contributed by atoms with van der Waals surface area (Å²) >= 11 is 0. The van der Waals surface area contributed by atoms with Crippen LogP contribution in [0.25, 0.3) is 0 Å². The molecule has 20 heavy (non-hydrogen) atoms. The molecule has 0 aliphatic carbocycles. The second-order valence-electron chi connectivity index (χ2n) is 4.79. The monoisotopic (exact) mass is 272 g/mol. The van der Waals surface area contributed by atoms with E-state index in [2.05, 4.69) is 5.32 Å². The minimum absolute atomic E-state index is 0.194. The standard InChI is InChI=1S/C16H17FN2O/c1-10-7-8-12(17)9-14(10)16(20)19-15-6-4-3-5-13(15)11(2)18/h3-9,11H,18H2,1-2H3,(H,19,20). The number of nitrogens with one attached hydrogen (secondary N) is 1. The molecule has 3 nitrogen and oxygen atoms in total. The molecule has 1 amide bonds. The summed E-state index contributed by atoms with van der Waals surface area (Å²) in [5.41, 5.74) is 8.41. The summed E-state index contributed by atoms with van der Waals surface area (Å²) in [6, 6.07) is 11.3. The fraction of sp³-hybridized carbons (Fsp3) is 0.188. The molecule has 0 fully saturated rings. The second-order valence-corrected chi connectivity index (χ2v) is 4.79. The van der Waals surface area contributed by atoms with Crippen molar-refractivity contribution in [3.05, 3.63) is 65.0 Å². The molecule has 0 heterocycles. The highest BCUT2D eigenvalue weighted by molar-refractivity contribution is 6.05. The second kappa shape index (κ2) is 5.84. The van der Waals surface area contributed by atoms with Crippen LogP contribution in [0.5, 0.6) is 0 Å². The van der Waals surface area contributed by atoms with Crippen molar-refractivity contribution in [3.63, 3.8) is 0 Å². The Morgan fingerprint density at radius 1 is 1.25 bits per heavy atom. The number of anilines is 1. The van der Waals surface area contributed by atoms with Gasteiger partial charge in [-0.15, -0.1) is 0 Å². The average molecular weight is 272 g/mol. The Bertz CT molecular complexity index is 638. The first-order valence-electron chi connectivity index (χ1n) is 6.41. The van der Waals surface area contributed by atoms with Crippen molar-refractivity contribution in [1.82, 2.24) is 0 Å². The maximum absolute atomic E-state index is 13.3. The number of carbonyl (C=O) groups is 1. The highest BCUT2D eigenvalue weighted by Crippen LogP contribution is 2.22. The molecule has 0 aliphatic heterocycles. The molecule has 0 aromatic heterocycles. The van der Waals surface area contributed by atoms with E-state index < -0.39 is 5.82 Å². The van der Waals surface area contributed by atoms with Crippen LogP contribution in [-0.4, -0.2) is 5.91 Å². The summed E-state index contributed by atoms with van der Waals surface area (Å²) in [4.78, 5) is 12.2. The van der Waals surface area contributed by atoms with E-state index in [1.165, 1.54) is 12.1 Å². The van der Waals surface area contributed by atoms with Crippen molar-refractivity contribution in [2.75, 3.05) is 5.32 Å². The maximum atomic E-state index is 13.3. The van der Waals surface area contributed by atoms with Gasteiger partial charge in [0.25, 0.3) is 5.91 Å². The van der Waals surface area contributed by atoms with E-state index in [-0.39, 0.29) is 11.9 Å². The first kappa shape index (κ1) is 14.2. The number of rotatable bonds is 3. The minimum atomic E-state index is -0.429. The molecule has 0 saturated carbocycles. The number of benzene rings is 2. The van der Waals surface area contributed by atoms with Crippen LogP contribution in [0.15, 0.2) is 42.5 Å². The van der Waals surface area contributed by atoms with Crippen molar-refractivity contribution >= 4 is 11.6 Å². The molecule has 2 rings (SSSR count). The number of para-hydroxylation sites is 1. The van der Waals surface area contributed by atoms with Gasteiger partial charge in [-0.3, -0.25) is 4.79 Å². The highest BCUT2D eigenvalue weighted by Gasteiger charge is 2.13. The molecule has 0 radical (unpaired) electrons. The van der Waals surface area contributed by atoms with E-state index in [0.29, 0.717) is 11.3 Å². The van der Waals surface area contributed by atoms with Gasteiger partial charge in [0.15, 0.2) is 0 Å². The molecule has 0 bridgehead atoms. The van der Waals surface area contributed by atoms with Crippen LogP contribution in [0.2, 0.25) is 0 Å². The van der Waals surface area contributed by atoms with Gasteiger partial charge in [-0.1, -0.05) is 24.3 Å². The van der Waals surface area contributed by atoms with E-state index in [1.54, 1.807) is 19.1 Å². The first-order valence-corrected chi connectivity index (χ1v) is 6.41. The molecule has 3 N–H and O–H groups in total. The lowest BCUT2D eigenvalue weighted by molar-refractivity contribution is 0.102. The van der Waals surface area contributed by atoms with Crippen molar-refractivity contribution in [3.8, 4) is 0 Å². The van der Waals surface area contributed by atoms with Crippen LogP contribution in [0.3, 0.4) is 0 Å². The van der Waals surface area contributed by atoms with Gasteiger partial charge in [-0.05, 0) is 43.2 Å². The summed E-state index contributed by atoms with van der Waals surface area (Å²) in [6.45, 7) is 3.62. The van der Waals surface area contributed by atoms with Crippen molar-refractivity contribution < 1.29 is 9.18 Å². The smallest absolute Gasteiger partial charge is 0.256 e. The number of carbonyl (C=O) groups excluding carboxylic acids is 1. The maximum Gasteiger partial charge on any atom is 0.256 e. The Balaban J connectivity index is 2.31. The molecular formula is C16H17FN2O. The van der Waals surface area contributed by atoms with Gasteiger partial charge in [0.05, 0.1) is 0 Å². The summed E-state index contributed by atoms with van der Waals surface area (Å²) in [5, 5.41) is 2.79. The largest absolute Gasteiger partial charge is 0.324 e. The summed E-state index contributed by atoms with van der Waals surface area (Å²) < 4.78 is 13.3. The van der Waals surface area contributed by atoms with Gasteiger partial charge >= 0.3 is 0 Å². The first-order chi connectivity index (χ1) is 9.49. The van der Waals surface area contributed by atoms with Gasteiger partial charge in [0.2, 0.25) is 0 Å². The predicted octanol–water partition coefficient (Wildman–Crippen LogP) is 3.41. The fourth-order valence-corrected chi connectivity index (χ4v) is 2.04. The summed E-state index contributed by atoms with van der Waals surface area (Å²) in [5.74, 6) is -0.767. The predicted molar refractivity (Wildman–Crippen MR) is 78.1 cm³/mol. The third-order valence-corrected chi connectivity index (χ3v) is 3.14. The Morgan fingerprint density at radius 2 is 1.95 bits per heavy atom. The highest BCUT2D eigenvalue weighted by atomic mass is 19.1. The number of aryl methyl sites for hydroxylation is 1. The zero-order valence-corrected chi connectivity index (χ0v) is 11.5. The van der Waals surface area contributed by atoms with E-state index >= 15 is 0 Å². The van der Waals surface area contributed by atoms with Crippen LogP contribution < -0.4 is 11.1 Å². The van der Waals surface area contributed by atoms with Gasteiger partial charge in [-0.25, -0.2) is 4.39 Å². The Kier molecular flexibility index (Phi) is 4.15. The summed E-state index contributed by atoms with van der Waals surface area (Å²) in [6.07, 6.45) is 0. The van der Waals surface area contributed by atoms with Crippen molar-refractivity contribution in [2.24, 2.45) is 5.73 Å². The van der Waals surface area contributed by atoms with E-state index in [1.807, 2.05) is 25.1 Å². The zero-order valence-electron chi connectivity index (χ0n) is 11.5. The number of halogens is 1. The number of nitrogens with two attached hydrogens (primary N) is 1. The lowest BCUT2D eigenvalue weighted by Gasteiger charge is -2.14. The topological polar surface area (TPSA) is 55.1 Å². The lowest BCUT2D eigenvalue weighted by Crippen LogP contribution is -2.17. The lowest BCUT2D eigenvalue weighted by atomic mass is 10.1. The van der Waals surface area contributed by atoms with Crippen LogP contribution >= 0.6 is 0 Å². The quantitative estimate of drug-likeness (QED) is 0.899. The Morgan fingerprint density at radius 3 is 2.65 bits per heavy atom. The fourth-order valence-electron chi connectivity index (χ4n) is 2.04. The summed E-state index contributed by atoms with van der Waals surface area (Å²) in [7, 11) is 0. The molecule has 104 valence electrons. The van der Waals surface area contributed by atoms with Gasteiger partial charge < -0.3 is 11.1 Å². The average Bonchev–Trinajstić information content (AvgIpc) is 2.41. The number of hydrogen-bond donors (Lipinski definition) is 2. The number of amides is 1. The third-order valence-electron chi connectivity index (χ3n) is 3.14. The van der Waals surface area contributed by atoms with Crippen LogP contribution in [-0.2, 0) is 0 Å². The minimum Gasteiger partial charge on any atom is -0.324 e. The van der Waals surface area contributed by atoms with E-state index in [9.17, 15) is 9.18 Å². The van der Waals surface area contributed by atoms with Gasteiger partial charge in [0.1, 0.15) is 5.82 Å². The normalized spacial score (nSPS) is 12.0. The van der Waals surface area contributed by atoms with Crippen LogP contribution in [0.4, 0.5) is 10.1 Å². The zero-order chi connectivity index (χ0) is 14.7. The molecule has 1 unspecified atom stereocenters. The SMILES string of the molecule is Cc1ccc(F)cc1C(=O)Nc1ccccc1C(C)N. The van der Waals surface area contributed by atoms with Crippen molar-refractivity contribution in [1.29, 1.82) is 0 Å². The molecule has 1 atom stereocenters. The molecular weight excluding hydrogens is 255 g/mol. The molecule has 4 heteroatoms. The van der Waals surface area contributed by atoms with Gasteiger partial charge in [0, 0.05) is 17.3 Å². The molecule has 2 aromatic rings. The third kappa shape index (κ3) is 3.03. The number of hydrogen-bond acceptors (Lipinski definition) is 2. The van der Waals surface area contributed by atoms with Gasteiger partial charge in [-0.2, -0.15) is 0 Å². The van der Waals surface area contributed by atoms with Crippen molar-refractivity contribution in [2.45, 2.75) is 19.9 Å². The van der Waals surface area contributed by atoms with E-state index in [4.69, 9.17) is 5.73 Å². The molecule has 0 spiro atoms. The molecule has 2 aromatic carbocycles. The van der Waals surface area contributed by atoms with Crippen LogP contribution in [0, 0.1) is 12.7 Å².